The topological polar surface area (TPSA) is 82.7 Å². The number of aromatic amines is 1. The summed E-state index contributed by atoms with van der Waals surface area (Å²) < 4.78 is 0. The Morgan fingerprint density at radius 3 is 2.60 bits per heavy atom. The normalized spacial score (nSPS) is 13.1. The van der Waals surface area contributed by atoms with Crippen LogP contribution in [0.1, 0.15) is 25.3 Å². The first-order valence-electron chi connectivity index (χ1n) is 8.45. The van der Waals surface area contributed by atoms with E-state index < -0.39 is 0 Å². The molecule has 3 aromatic rings. The van der Waals surface area contributed by atoms with E-state index in [2.05, 4.69) is 32.5 Å². The van der Waals surface area contributed by atoms with Crippen molar-refractivity contribution in [3.8, 4) is 11.1 Å². The lowest BCUT2D eigenvalue weighted by molar-refractivity contribution is -0.105. The van der Waals surface area contributed by atoms with E-state index in [9.17, 15) is 4.79 Å². The molecule has 25 heavy (non-hydrogen) atoms. The number of pyridine rings is 2. The highest BCUT2D eigenvalue weighted by molar-refractivity contribution is 5.95. The lowest BCUT2D eigenvalue weighted by Gasteiger charge is -2.07. The Kier molecular flexibility index (Phi) is 4.97. The zero-order valence-electron chi connectivity index (χ0n) is 14.8. The van der Waals surface area contributed by atoms with Gasteiger partial charge in [0.25, 0.3) is 0 Å². The van der Waals surface area contributed by atoms with Gasteiger partial charge in [0.15, 0.2) is 0 Å². The van der Waals surface area contributed by atoms with Crippen LogP contribution in [0, 0.1) is 12.8 Å². The molecular weight excluding hydrogens is 314 g/mol. The summed E-state index contributed by atoms with van der Waals surface area (Å²) in [6, 6.07) is 5.72. The molecule has 1 saturated carbocycles. The van der Waals surface area contributed by atoms with Crippen LogP contribution in [0.25, 0.3) is 22.2 Å². The largest absolute Gasteiger partial charge is 0.373 e. The molecule has 1 aliphatic carbocycles. The summed E-state index contributed by atoms with van der Waals surface area (Å²) in [7, 11) is 1.85. The van der Waals surface area contributed by atoms with Crippen molar-refractivity contribution in [3.63, 3.8) is 0 Å². The first-order chi connectivity index (χ1) is 12.1. The number of fused-ring (bicyclic) bond motifs is 1. The fourth-order valence-corrected chi connectivity index (χ4v) is 2.51. The lowest BCUT2D eigenvalue weighted by Crippen LogP contribution is -1.96. The van der Waals surface area contributed by atoms with Crippen molar-refractivity contribution < 1.29 is 4.79 Å². The van der Waals surface area contributed by atoms with Gasteiger partial charge in [0.05, 0.1) is 0 Å². The van der Waals surface area contributed by atoms with Crippen LogP contribution < -0.4 is 10.6 Å². The van der Waals surface area contributed by atoms with Crippen molar-refractivity contribution in [1.29, 1.82) is 0 Å². The van der Waals surface area contributed by atoms with E-state index in [0.29, 0.717) is 12.2 Å². The zero-order chi connectivity index (χ0) is 17.8. The zero-order valence-corrected chi connectivity index (χ0v) is 14.8. The number of amides is 1. The van der Waals surface area contributed by atoms with E-state index in [1.807, 2.05) is 38.5 Å². The number of nitrogens with one attached hydrogen (secondary N) is 3. The Morgan fingerprint density at radius 2 is 2.00 bits per heavy atom. The van der Waals surface area contributed by atoms with Crippen LogP contribution >= 0.6 is 0 Å². The number of anilines is 2. The molecule has 0 aliphatic heterocycles. The number of carbonyl (C=O) groups excluding carboxylic acids is 1. The fraction of sp³-hybridized carbons (Fsp3) is 0.316. The average molecular weight is 337 g/mol. The van der Waals surface area contributed by atoms with E-state index in [1.54, 1.807) is 6.07 Å². The van der Waals surface area contributed by atoms with Crippen molar-refractivity contribution >= 4 is 29.1 Å². The Hall–Kier alpha value is -2.89. The van der Waals surface area contributed by atoms with Crippen molar-refractivity contribution in [2.24, 2.45) is 5.92 Å². The Balaban J connectivity index is 0.000000401. The van der Waals surface area contributed by atoms with Crippen LogP contribution in [-0.2, 0) is 4.79 Å². The molecular formula is C19H23N5O. The van der Waals surface area contributed by atoms with Gasteiger partial charge in [-0.05, 0) is 36.6 Å². The van der Waals surface area contributed by atoms with Gasteiger partial charge in [-0.25, -0.2) is 9.97 Å². The van der Waals surface area contributed by atoms with Gasteiger partial charge in [0.1, 0.15) is 17.3 Å². The standard InChI is InChI=1S/C15H15N5O.C4H8/c1-9-5-14(16-2)17-6-11(9)12-7-18-15-10(12)3-4-13(20-15)19-8-21;1-4-2-3-4/h3-8H,1-2H3,(H,16,17)(H2,18,19,20,21);4H,2-3H2,1H3. The number of nitrogens with zero attached hydrogens (tertiary/aromatic N) is 2. The minimum absolute atomic E-state index is 0.520. The van der Waals surface area contributed by atoms with Gasteiger partial charge in [-0.3, -0.25) is 4.79 Å². The molecule has 0 aromatic carbocycles. The molecule has 0 spiro atoms. The summed E-state index contributed by atoms with van der Waals surface area (Å²) >= 11 is 0. The van der Waals surface area contributed by atoms with Crippen LogP contribution in [0.4, 0.5) is 11.6 Å². The van der Waals surface area contributed by atoms with Crippen LogP contribution in [0.2, 0.25) is 0 Å². The molecule has 3 heterocycles. The number of aryl methyl sites for hydroxylation is 1. The van der Waals surface area contributed by atoms with Crippen molar-refractivity contribution in [2.75, 3.05) is 17.7 Å². The molecule has 0 saturated heterocycles. The molecule has 6 nitrogen and oxygen atoms in total. The molecule has 4 rings (SSSR count). The van der Waals surface area contributed by atoms with Gasteiger partial charge in [-0.1, -0.05) is 19.8 Å². The number of hydrogen-bond donors (Lipinski definition) is 3. The molecule has 1 aliphatic rings. The van der Waals surface area contributed by atoms with E-state index in [4.69, 9.17) is 0 Å². The summed E-state index contributed by atoms with van der Waals surface area (Å²) in [5.74, 6) is 2.44. The second kappa shape index (κ2) is 7.34. The summed E-state index contributed by atoms with van der Waals surface area (Å²) in [6.07, 6.45) is 7.34. The van der Waals surface area contributed by atoms with Crippen molar-refractivity contribution in [3.05, 3.63) is 36.2 Å². The summed E-state index contributed by atoms with van der Waals surface area (Å²) in [4.78, 5) is 22.3. The van der Waals surface area contributed by atoms with Crippen LogP contribution in [0.15, 0.2) is 30.6 Å². The maximum Gasteiger partial charge on any atom is 0.212 e. The van der Waals surface area contributed by atoms with Gasteiger partial charge < -0.3 is 15.6 Å². The van der Waals surface area contributed by atoms with Crippen LogP contribution in [0.3, 0.4) is 0 Å². The molecule has 0 atom stereocenters. The third-order valence-corrected chi connectivity index (χ3v) is 4.27. The second-order valence-corrected chi connectivity index (χ2v) is 6.37. The minimum Gasteiger partial charge on any atom is -0.373 e. The first kappa shape index (κ1) is 17.0. The Bertz CT molecular complexity index is 883. The predicted octanol–water partition coefficient (Wildman–Crippen LogP) is 3.96. The van der Waals surface area contributed by atoms with E-state index in [1.165, 1.54) is 12.8 Å². The third kappa shape index (κ3) is 3.96. The Morgan fingerprint density at radius 1 is 1.24 bits per heavy atom. The van der Waals surface area contributed by atoms with Crippen LogP contribution in [0.5, 0.6) is 0 Å². The van der Waals surface area contributed by atoms with Gasteiger partial charge in [0.2, 0.25) is 6.41 Å². The highest BCUT2D eigenvalue weighted by atomic mass is 16.1. The molecule has 0 bridgehead atoms. The third-order valence-electron chi connectivity index (χ3n) is 4.27. The van der Waals surface area contributed by atoms with Crippen molar-refractivity contribution in [2.45, 2.75) is 26.7 Å². The van der Waals surface area contributed by atoms with Gasteiger partial charge in [-0.2, -0.15) is 0 Å². The monoisotopic (exact) mass is 337 g/mol. The number of carbonyl (C=O) groups is 1. The maximum absolute atomic E-state index is 10.5. The average Bonchev–Trinajstić information content (AvgIpc) is 3.29. The molecule has 6 heteroatoms. The number of aromatic nitrogens is 3. The summed E-state index contributed by atoms with van der Waals surface area (Å²) in [6.45, 7) is 4.33. The molecule has 0 unspecified atom stereocenters. The molecule has 3 aromatic heterocycles. The number of H-pyrrole nitrogens is 1. The SMILES string of the molecule is CC1CC1.CNc1cc(C)c(-c2c[nH]c3nc(NC=O)ccc23)cn1. The van der Waals surface area contributed by atoms with Gasteiger partial charge in [0, 0.05) is 36.0 Å². The number of rotatable bonds is 4. The van der Waals surface area contributed by atoms with E-state index >= 15 is 0 Å². The summed E-state index contributed by atoms with van der Waals surface area (Å²) in [5, 5.41) is 6.56. The molecule has 3 N–H and O–H groups in total. The summed E-state index contributed by atoms with van der Waals surface area (Å²) in [5.41, 5.74) is 3.96. The quantitative estimate of drug-likeness (QED) is 0.629. The van der Waals surface area contributed by atoms with E-state index in [0.717, 1.165) is 39.5 Å². The number of hydrogen-bond acceptors (Lipinski definition) is 4. The maximum atomic E-state index is 10.5. The first-order valence-corrected chi connectivity index (χ1v) is 8.45. The second-order valence-electron chi connectivity index (χ2n) is 6.37. The van der Waals surface area contributed by atoms with Crippen LogP contribution in [-0.4, -0.2) is 28.4 Å². The smallest absolute Gasteiger partial charge is 0.212 e. The van der Waals surface area contributed by atoms with Crippen molar-refractivity contribution in [1.82, 2.24) is 15.0 Å². The van der Waals surface area contributed by atoms with Gasteiger partial charge in [-0.15, -0.1) is 0 Å². The molecule has 1 amide bonds. The van der Waals surface area contributed by atoms with Gasteiger partial charge >= 0.3 is 0 Å². The highest BCUT2D eigenvalue weighted by Gasteiger charge is 2.12. The fourth-order valence-electron chi connectivity index (χ4n) is 2.51. The molecule has 130 valence electrons. The molecule has 1 fully saturated rings. The lowest BCUT2D eigenvalue weighted by atomic mass is 10.0. The minimum atomic E-state index is 0.520. The Labute approximate surface area is 147 Å². The van der Waals surface area contributed by atoms with E-state index in [-0.39, 0.29) is 0 Å². The predicted molar refractivity (Wildman–Crippen MR) is 102 cm³/mol. The molecule has 0 radical (unpaired) electrons. The highest BCUT2D eigenvalue weighted by Crippen LogP contribution is 2.31.